The van der Waals surface area contributed by atoms with Gasteiger partial charge < -0.3 is 0 Å². The number of oxime groups is 1. The van der Waals surface area contributed by atoms with Crippen molar-refractivity contribution >= 4 is 58.6 Å². The summed E-state index contributed by atoms with van der Waals surface area (Å²) in [5, 5.41) is 16.2. The number of amides is 1. The normalized spacial score (nSPS) is 20.3. The summed E-state index contributed by atoms with van der Waals surface area (Å²) >= 11 is 7.88. The number of nitrogens with one attached hydrogen (secondary N) is 1. The fourth-order valence-corrected chi connectivity index (χ4v) is 7.02. The van der Waals surface area contributed by atoms with Crippen LogP contribution in [-0.2, 0) is 11.2 Å². The molecule has 1 atom stereocenters. The van der Waals surface area contributed by atoms with Gasteiger partial charge in [-0.1, -0.05) is 0 Å². The SMILES string of the molecule is O=C(NC1CC[Se]SC1)/C(Cc1ccc(Cl)s1)=N/O. The molecule has 19 heavy (non-hydrogen) atoms. The van der Waals surface area contributed by atoms with Gasteiger partial charge in [-0.3, -0.25) is 0 Å². The van der Waals surface area contributed by atoms with Crippen molar-refractivity contribution in [2.45, 2.75) is 24.2 Å². The van der Waals surface area contributed by atoms with Gasteiger partial charge in [0.25, 0.3) is 0 Å². The molecule has 4 nitrogen and oxygen atoms in total. The van der Waals surface area contributed by atoms with Gasteiger partial charge in [0.15, 0.2) is 0 Å². The summed E-state index contributed by atoms with van der Waals surface area (Å²) in [4.78, 5) is 12.9. The van der Waals surface area contributed by atoms with Crippen molar-refractivity contribution < 1.29 is 10.0 Å². The van der Waals surface area contributed by atoms with E-state index in [0.717, 1.165) is 17.1 Å². The first-order valence-electron chi connectivity index (χ1n) is 5.69. The molecule has 1 unspecified atom stereocenters. The summed E-state index contributed by atoms with van der Waals surface area (Å²) in [6.07, 6.45) is 1.33. The van der Waals surface area contributed by atoms with Gasteiger partial charge in [-0.05, 0) is 0 Å². The number of carbonyl (C=O) groups excluding carboxylic acids is 1. The van der Waals surface area contributed by atoms with Crippen LogP contribution in [0.5, 0.6) is 0 Å². The third kappa shape index (κ3) is 4.68. The Hall–Kier alpha value is -0.201. The topological polar surface area (TPSA) is 61.7 Å². The molecule has 0 aliphatic carbocycles. The molecule has 1 aromatic heterocycles. The molecule has 2 N–H and O–H groups in total. The van der Waals surface area contributed by atoms with E-state index >= 15 is 0 Å². The van der Waals surface area contributed by atoms with Gasteiger partial charge in [0.1, 0.15) is 0 Å². The molecule has 2 rings (SSSR count). The predicted molar refractivity (Wildman–Crippen MR) is 81.8 cm³/mol. The van der Waals surface area contributed by atoms with E-state index in [4.69, 9.17) is 16.8 Å². The first-order chi connectivity index (χ1) is 9.19. The number of nitrogens with zero attached hydrogens (tertiary/aromatic N) is 1. The molecule has 2 heterocycles. The molecule has 1 aliphatic heterocycles. The Kier molecular flexibility index (Phi) is 6.03. The van der Waals surface area contributed by atoms with Crippen molar-refractivity contribution in [1.82, 2.24) is 5.32 Å². The maximum absolute atomic E-state index is 12.0. The number of thiophene rings is 1. The van der Waals surface area contributed by atoms with Gasteiger partial charge in [0.05, 0.1) is 0 Å². The van der Waals surface area contributed by atoms with Gasteiger partial charge in [0.2, 0.25) is 0 Å². The van der Waals surface area contributed by atoms with Crippen molar-refractivity contribution in [3.63, 3.8) is 0 Å². The molecule has 1 aliphatic rings. The van der Waals surface area contributed by atoms with Crippen LogP contribution in [0.1, 0.15) is 11.3 Å². The average Bonchev–Trinajstić information content (AvgIpc) is 2.82. The van der Waals surface area contributed by atoms with Gasteiger partial charge in [0, 0.05) is 0 Å². The Balaban J connectivity index is 1.91. The van der Waals surface area contributed by atoms with E-state index in [2.05, 4.69) is 10.5 Å². The van der Waals surface area contributed by atoms with Crippen molar-refractivity contribution in [2.75, 3.05) is 5.75 Å². The number of carbonyl (C=O) groups is 1. The van der Waals surface area contributed by atoms with Crippen LogP contribution in [0.3, 0.4) is 0 Å². The van der Waals surface area contributed by atoms with Crippen LogP contribution < -0.4 is 5.32 Å². The Morgan fingerprint density at radius 1 is 1.63 bits per heavy atom. The van der Waals surface area contributed by atoms with E-state index in [-0.39, 0.29) is 17.7 Å². The van der Waals surface area contributed by atoms with Crippen LogP contribution in [-0.4, -0.2) is 42.5 Å². The zero-order valence-electron chi connectivity index (χ0n) is 9.97. The molecule has 1 amide bonds. The summed E-state index contributed by atoms with van der Waals surface area (Å²) in [6, 6.07) is 3.80. The molecule has 0 radical (unpaired) electrons. The Bertz CT molecular complexity index is 475. The van der Waals surface area contributed by atoms with Crippen LogP contribution in [0.2, 0.25) is 9.66 Å². The number of hydrogen-bond donors (Lipinski definition) is 2. The Morgan fingerprint density at radius 2 is 2.47 bits per heavy atom. The molecule has 0 bridgehead atoms. The van der Waals surface area contributed by atoms with E-state index in [1.165, 1.54) is 16.7 Å². The first kappa shape index (κ1) is 15.2. The predicted octanol–water partition coefficient (Wildman–Crippen LogP) is 2.43. The number of halogens is 1. The molecule has 104 valence electrons. The van der Waals surface area contributed by atoms with Gasteiger partial charge in [-0.2, -0.15) is 0 Å². The quantitative estimate of drug-likeness (QED) is 0.363. The summed E-state index contributed by atoms with van der Waals surface area (Å²) in [7, 11) is 1.90. The monoisotopic (exact) mass is 384 g/mol. The number of hydrogen-bond acceptors (Lipinski definition) is 5. The summed E-state index contributed by atoms with van der Waals surface area (Å²) < 4.78 is 0.665. The molecular formula is C11H13ClN2O2S2Se. The van der Waals surface area contributed by atoms with Gasteiger partial charge >= 0.3 is 130 Å². The third-order valence-electron chi connectivity index (χ3n) is 2.59. The minimum absolute atomic E-state index is 0.139. The molecule has 8 heteroatoms. The standard InChI is InChI=1S/C11H13ClN2O2S2Se/c12-10-2-1-8(18-10)5-9(14-16)11(15)13-7-3-4-19-17-6-7/h1-2,7,16H,3-6H2,(H,13,15)/b14-9+. The van der Waals surface area contributed by atoms with Crippen LogP contribution in [0.15, 0.2) is 17.3 Å². The molecule has 1 fully saturated rings. The summed E-state index contributed by atoms with van der Waals surface area (Å²) in [5.41, 5.74) is 0.139. The van der Waals surface area contributed by atoms with Gasteiger partial charge in [-0.25, -0.2) is 0 Å². The Morgan fingerprint density at radius 3 is 3.05 bits per heavy atom. The maximum atomic E-state index is 12.0. The van der Waals surface area contributed by atoms with E-state index in [1.807, 2.05) is 16.2 Å². The number of rotatable bonds is 4. The zero-order chi connectivity index (χ0) is 13.7. The first-order valence-corrected chi connectivity index (χ1v) is 11.1. The second-order valence-electron chi connectivity index (χ2n) is 3.99. The van der Waals surface area contributed by atoms with Crippen LogP contribution in [0.25, 0.3) is 0 Å². The van der Waals surface area contributed by atoms with Crippen molar-refractivity contribution in [1.29, 1.82) is 0 Å². The van der Waals surface area contributed by atoms with Crippen molar-refractivity contribution in [3.05, 3.63) is 21.3 Å². The minimum atomic E-state index is -0.285. The molecular weight excluding hydrogens is 371 g/mol. The van der Waals surface area contributed by atoms with Crippen LogP contribution >= 0.6 is 33.1 Å². The second kappa shape index (κ2) is 7.55. The van der Waals surface area contributed by atoms with Gasteiger partial charge in [-0.15, -0.1) is 0 Å². The van der Waals surface area contributed by atoms with E-state index in [9.17, 15) is 4.79 Å². The average molecular weight is 384 g/mol. The molecule has 0 spiro atoms. The molecule has 0 saturated carbocycles. The van der Waals surface area contributed by atoms with E-state index in [1.54, 1.807) is 6.07 Å². The van der Waals surface area contributed by atoms with Crippen LogP contribution in [0.4, 0.5) is 0 Å². The molecule has 0 aromatic carbocycles. The van der Waals surface area contributed by atoms with Crippen LogP contribution in [0, 0.1) is 0 Å². The molecule has 1 saturated heterocycles. The second-order valence-corrected chi connectivity index (χ2v) is 10.4. The van der Waals surface area contributed by atoms with E-state index < -0.39 is 0 Å². The fraction of sp³-hybridized carbons (Fsp3) is 0.455. The zero-order valence-corrected chi connectivity index (χ0v) is 14.1. The summed E-state index contributed by atoms with van der Waals surface area (Å²) in [5.74, 6) is 0.668. The molecule has 1 aromatic rings. The third-order valence-corrected chi connectivity index (χ3v) is 8.14. The van der Waals surface area contributed by atoms with Crippen molar-refractivity contribution in [2.24, 2.45) is 5.16 Å². The van der Waals surface area contributed by atoms with E-state index in [0.29, 0.717) is 24.6 Å². The fourth-order valence-electron chi connectivity index (χ4n) is 1.62. The van der Waals surface area contributed by atoms with Crippen molar-refractivity contribution in [3.8, 4) is 0 Å². The Labute approximate surface area is 130 Å². The summed E-state index contributed by atoms with van der Waals surface area (Å²) in [6.45, 7) is 0.